The molecule has 1 fully saturated rings. The Kier molecular flexibility index (Phi) is 4.88. The number of amides is 1. The van der Waals surface area contributed by atoms with Crippen LogP contribution in [0.1, 0.15) is 28.7 Å². The number of halogens is 1. The van der Waals surface area contributed by atoms with Gasteiger partial charge in [-0.3, -0.25) is 14.5 Å². The molecule has 2 heterocycles. The molecule has 3 aromatic rings. The number of furan rings is 1. The zero-order valence-electron chi connectivity index (χ0n) is 15.8. The summed E-state index contributed by atoms with van der Waals surface area (Å²) in [6.45, 7) is 3.73. The highest BCUT2D eigenvalue weighted by molar-refractivity contribution is 9.10. The van der Waals surface area contributed by atoms with Crippen molar-refractivity contribution >= 4 is 39.1 Å². The van der Waals surface area contributed by atoms with Crippen molar-refractivity contribution in [2.75, 3.05) is 4.90 Å². The maximum Gasteiger partial charge on any atom is 0.300 e. The number of hydrogen-bond acceptors (Lipinski definition) is 4. The molecule has 5 nitrogen and oxygen atoms in total. The first-order chi connectivity index (χ1) is 13.9. The van der Waals surface area contributed by atoms with Crippen molar-refractivity contribution in [3.05, 3.63) is 93.4 Å². The van der Waals surface area contributed by atoms with Gasteiger partial charge in [-0.2, -0.15) is 0 Å². The highest BCUT2D eigenvalue weighted by Gasteiger charge is 2.48. The molecule has 4 rings (SSSR count). The van der Waals surface area contributed by atoms with E-state index < -0.39 is 17.7 Å². The lowest BCUT2D eigenvalue weighted by atomic mass is 9.99. The number of rotatable bonds is 3. The van der Waals surface area contributed by atoms with E-state index in [1.807, 2.05) is 19.1 Å². The quantitative estimate of drug-likeness (QED) is 0.333. The monoisotopic (exact) mass is 451 g/mol. The molecule has 0 spiro atoms. The van der Waals surface area contributed by atoms with E-state index >= 15 is 0 Å². The number of carbonyl (C=O) groups excluding carboxylic acids is 2. The van der Waals surface area contributed by atoms with E-state index in [1.54, 1.807) is 55.5 Å². The van der Waals surface area contributed by atoms with Gasteiger partial charge in [0.2, 0.25) is 0 Å². The predicted molar refractivity (Wildman–Crippen MR) is 114 cm³/mol. The third kappa shape index (κ3) is 3.40. The molecule has 1 aliphatic rings. The van der Waals surface area contributed by atoms with Crippen LogP contribution < -0.4 is 4.90 Å². The van der Waals surface area contributed by atoms with Crippen LogP contribution in [0.4, 0.5) is 5.69 Å². The smallest absolute Gasteiger partial charge is 0.300 e. The second kappa shape index (κ2) is 7.37. The Morgan fingerprint density at radius 1 is 0.966 bits per heavy atom. The van der Waals surface area contributed by atoms with Crippen molar-refractivity contribution in [3.63, 3.8) is 0 Å². The molecule has 1 unspecified atom stereocenters. The Morgan fingerprint density at radius 2 is 1.62 bits per heavy atom. The average Bonchev–Trinajstić information content (AvgIpc) is 3.24. The molecular formula is C23H18BrNO4. The van der Waals surface area contributed by atoms with Gasteiger partial charge in [-0.25, -0.2) is 0 Å². The molecule has 0 saturated carbocycles. The highest BCUT2D eigenvalue weighted by atomic mass is 79.9. The summed E-state index contributed by atoms with van der Waals surface area (Å²) in [5.41, 5.74) is 2.05. The summed E-state index contributed by atoms with van der Waals surface area (Å²) < 4.78 is 6.62. The van der Waals surface area contributed by atoms with E-state index in [1.165, 1.54) is 4.90 Å². The van der Waals surface area contributed by atoms with Crippen LogP contribution in [-0.2, 0) is 9.59 Å². The lowest BCUT2D eigenvalue weighted by Crippen LogP contribution is -2.29. The molecule has 0 bridgehead atoms. The fourth-order valence-corrected chi connectivity index (χ4v) is 3.70. The van der Waals surface area contributed by atoms with E-state index in [0.717, 1.165) is 10.0 Å². The van der Waals surface area contributed by atoms with Gasteiger partial charge in [-0.05, 0) is 50.2 Å². The Labute approximate surface area is 176 Å². The standard InChI is InChI=1S/C23H18BrNO4/c1-13-3-10-17(11-4-13)25-20(18-12-5-14(2)29-18)19(22(27)23(25)28)21(26)15-6-8-16(24)9-7-15/h3-12,20,26H,1-2H3/b21-19-. The summed E-state index contributed by atoms with van der Waals surface area (Å²) in [5.74, 6) is -0.611. The topological polar surface area (TPSA) is 70.8 Å². The van der Waals surface area contributed by atoms with Crippen molar-refractivity contribution in [1.29, 1.82) is 0 Å². The minimum Gasteiger partial charge on any atom is -0.507 e. The molecule has 2 aromatic carbocycles. The third-order valence-corrected chi connectivity index (χ3v) is 5.43. The van der Waals surface area contributed by atoms with Crippen molar-refractivity contribution in [1.82, 2.24) is 0 Å². The second-order valence-electron chi connectivity index (χ2n) is 6.96. The summed E-state index contributed by atoms with van der Waals surface area (Å²) in [7, 11) is 0. The fourth-order valence-electron chi connectivity index (χ4n) is 3.44. The molecular weight excluding hydrogens is 434 g/mol. The predicted octanol–water partition coefficient (Wildman–Crippen LogP) is 5.29. The third-order valence-electron chi connectivity index (χ3n) is 4.90. The van der Waals surface area contributed by atoms with Crippen LogP contribution in [0.25, 0.3) is 5.76 Å². The van der Waals surface area contributed by atoms with Gasteiger partial charge >= 0.3 is 0 Å². The molecule has 1 saturated heterocycles. The Hall–Kier alpha value is -3.12. The summed E-state index contributed by atoms with van der Waals surface area (Å²) in [6, 6.07) is 16.8. The number of ketones is 1. The fraction of sp³-hybridized carbons (Fsp3) is 0.130. The first kappa shape index (κ1) is 19.2. The molecule has 1 aromatic heterocycles. The van der Waals surface area contributed by atoms with Crippen molar-refractivity contribution in [2.24, 2.45) is 0 Å². The molecule has 1 aliphatic heterocycles. The maximum absolute atomic E-state index is 13.0. The molecule has 0 aliphatic carbocycles. The van der Waals surface area contributed by atoms with Crippen LogP contribution in [-0.4, -0.2) is 16.8 Å². The van der Waals surface area contributed by atoms with Crippen LogP contribution in [0.3, 0.4) is 0 Å². The Bertz CT molecular complexity index is 1130. The summed E-state index contributed by atoms with van der Waals surface area (Å²) in [4.78, 5) is 27.3. The zero-order chi connectivity index (χ0) is 20.7. The first-order valence-electron chi connectivity index (χ1n) is 9.07. The summed E-state index contributed by atoms with van der Waals surface area (Å²) in [5, 5.41) is 11.0. The second-order valence-corrected chi connectivity index (χ2v) is 7.88. The largest absolute Gasteiger partial charge is 0.507 e. The van der Waals surface area contributed by atoms with Crippen LogP contribution in [0.2, 0.25) is 0 Å². The SMILES string of the molecule is Cc1ccc(N2C(=O)C(=O)/C(=C(\O)c3ccc(Br)cc3)C2c2ccc(C)o2)cc1. The summed E-state index contributed by atoms with van der Waals surface area (Å²) in [6.07, 6.45) is 0. The van der Waals surface area contributed by atoms with Gasteiger partial charge in [-0.1, -0.05) is 45.8 Å². The lowest BCUT2D eigenvalue weighted by molar-refractivity contribution is -0.132. The minimum atomic E-state index is -0.852. The number of hydrogen-bond donors (Lipinski definition) is 1. The first-order valence-corrected chi connectivity index (χ1v) is 9.86. The highest BCUT2D eigenvalue weighted by Crippen LogP contribution is 2.42. The van der Waals surface area contributed by atoms with Crippen LogP contribution in [0.5, 0.6) is 0 Å². The molecule has 6 heteroatoms. The summed E-state index contributed by atoms with van der Waals surface area (Å²) >= 11 is 3.35. The van der Waals surface area contributed by atoms with Crippen LogP contribution >= 0.6 is 15.9 Å². The van der Waals surface area contributed by atoms with Gasteiger partial charge in [0.1, 0.15) is 23.3 Å². The van der Waals surface area contributed by atoms with Gasteiger partial charge < -0.3 is 9.52 Å². The Morgan fingerprint density at radius 3 is 2.21 bits per heavy atom. The van der Waals surface area contributed by atoms with Crippen LogP contribution in [0, 0.1) is 13.8 Å². The van der Waals surface area contributed by atoms with E-state index in [0.29, 0.717) is 22.8 Å². The zero-order valence-corrected chi connectivity index (χ0v) is 17.4. The number of aliphatic hydroxyl groups excluding tert-OH is 1. The molecule has 1 N–H and O–H groups in total. The van der Waals surface area contributed by atoms with Crippen LogP contribution in [0.15, 0.2) is 75.1 Å². The van der Waals surface area contributed by atoms with Gasteiger partial charge in [0.05, 0.1) is 5.57 Å². The number of benzene rings is 2. The van der Waals surface area contributed by atoms with Gasteiger partial charge in [0, 0.05) is 15.7 Å². The molecule has 1 atom stereocenters. The number of aliphatic hydroxyl groups is 1. The number of carbonyl (C=O) groups is 2. The van der Waals surface area contributed by atoms with E-state index in [-0.39, 0.29) is 11.3 Å². The molecule has 29 heavy (non-hydrogen) atoms. The van der Waals surface area contributed by atoms with E-state index in [4.69, 9.17) is 4.42 Å². The normalized spacial score (nSPS) is 18.4. The number of aryl methyl sites for hydroxylation is 2. The van der Waals surface area contributed by atoms with Crippen molar-refractivity contribution < 1.29 is 19.1 Å². The maximum atomic E-state index is 13.0. The Balaban J connectivity index is 1.92. The number of Topliss-reactive ketones (excluding diaryl/α,β-unsaturated/α-hetero) is 1. The van der Waals surface area contributed by atoms with E-state index in [9.17, 15) is 14.7 Å². The van der Waals surface area contributed by atoms with Gasteiger partial charge in [-0.15, -0.1) is 0 Å². The minimum absolute atomic E-state index is 0.00671. The molecule has 0 radical (unpaired) electrons. The van der Waals surface area contributed by atoms with Gasteiger partial charge in [0.25, 0.3) is 11.7 Å². The van der Waals surface area contributed by atoms with Crippen molar-refractivity contribution in [2.45, 2.75) is 19.9 Å². The van der Waals surface area contributed by atoms with Crippen molar-refractivity contribution in [3.8, 4) is 0 Å². The van der Waals surface area contributed by atoms with E-state index in [2.05, 4.69) is 15.9 Å². The number of anilines is 1. The number of nitrogens with zero attached hydrogens (tertiary/aromatic N) is 1. The molecule has 146 valence electrons. The molecule has 1 amide bonds. The van der Waals surface area contributed by atoms with Gasteiger partial charge in [0.15, 0.2) is 0 Å². The lowest BCUT2D eigenvalue weighted by Gasteiger charge is -2.23. The average molecular weight is 452 g/mol.